The first-order chi connectivity index (χ1) is 11.1. The first kappa shape index (κ1) is 17.7. The van der Waals surface area contributed by atoms with E-state index in [2.05, 4.69) is 5.32 Å². The van der Waals surface area contributed by atoms with Gasteiger partial charge in [0.1, 0.15) is 10.6 Å². The summed E-state index contributed by atoms with van der Waals surface area (Å²) in [6, 6.07) is 2.96. The Balaban J connectivity index is 2.04. The van der Waals surface area contributed by atoms with E-state index in [0.29, 0.717) is 0 Å². The fraction of sp³-hybridized carbons (Fsp3) is 0.625. The molecular formula is C16H23NO5S2. The molecule has 0 spiro atoms. The molecule has 1 heterocycles. The van der Waals surface area contributed by atoms with Crippen molar-refractivity contribution in [3.05, 3.63) is 23.3 Å². The predicted molar refractivity (Wildman–Crippen MR) is 92.0 cm³/mol. The van der Waals surface area contributed by atoms with Crippen LogP contribution in [-0.2, 0) is 19.7 Å². The van der Waals surface area contributed by atoms with Gasteiger partial charge in [0, 0.05) is 12.1 Å². The number of ether oxygens (including phenoxy) is 1. The number of methoxy groups -OCH3 is 1. The summed E-state index contributed by atoms with van der Waals surface area (Å²) in [4.78, 5) is 0.0813. The second-order valence-corrected chi connectivity index (χ2v) is 11.1. The number of nitrogens with one attached hydrogen (secondary N) is 1. The minimum Gasteiger partial charge on any atom is -0.495 e. The number of rotatable bonds is 5. The first-order valence-electron chi connectivity index (χ1n) is 7.99. The molecule has 0 amide bonds. The summed E-state index contributed by atoms with van der Waals surface area (Å²) >= 11 is 0. The lowest BCUT2D eigenvalue weighted by molar-refractivity contribution is 0.401. The van der Waals surface area contributed by atoms with E-state index in [-0.39, 0.29) is 28.2 Å². The topological polar surface area (TPSA) is 89.5 Å². The van der Waals surface area contributed by atoms with Gasteiger partial charge in [-0.15, -0.1) is 0 Å². The molecule has 24 heavy (non-hydrogen) atoms. The van der Waals surface area contributed by atoms with Crippen molar-refractivity contribution in [2.24, 2.45) is 0 Å². The molecule has 1 N–H and O–H groups in total. The Morgan fingerprint density at radius 1 is 1.12 bits per heavy atom. The summed E-state index contributed by atoms with van der Waals surface area (Å²) in [5, 5.41) is 2.23. The molecule has 8 heteroatoms. The zero-order valence-corrected chi connectivity index (χ0v) is 15.7. The van der Waals surface area contributed by atoms with Gasteiger partial charge in [-0.25, -0.2) is 16.8 Å². The van der Waals surface area contributed by atoms with Gasteiger partial charge in [0.05, 0.1) is 23.9 Å². The van der Waals surface area contributed by atoms with E-state index >= 15 is 0 Å². The van der Waals surface area contributed by atoms with E-state index in [1.807, 2.05) is 13.8 Å². The lowest BCUT2D eigenvalue weighted by Gasteiger charge is -2.21. The number of sulfone groups is 2. The second-order valence-electron chi connectivity index (χ2n) is 6.80. The number of hydrogen-bond donors (Lipinski definition) is 1. The molecule has 6 nitrogen and oxygen atoms in total. The summed E-state index contributed by atoms with van der Waals surface area (Å²) < 4.78 is 55.8. The average Bonchev–Trinajstić information content (AvgIpc) is 3.24. The molecule has 134 valence electrons. The normalized spacial score (nSPS) is 26.5. The predicted octanol–water partition coefficient (Wildman–Crippen LogP) is 1.00. The molecule has 2 fully saturated rings. The van der Waals surface area contributed by atoms with E-state index in [4.69, 9.17) is 4.74 Å². The standard InChI is InChI=1S/C16H23NO5S2/c1-10-6-14(22-3)15(7-11(10)2)24(20,21)16-9-23(18,19)8-13(16)17-12-4-5-12/h6-7,12-13,16-17H,4-5,8-9H2,1-3H3/t13-,16-/m0/s1. The molecule has 1 aromatic rings. The van der Waals surface area contributed by atoms with E-state index < -0.39 is 31.0 Å². The Kier molecular flexibility index (Phi) is 4.42. The van der Waals surface area contributed by atoms with E-state index in [9.17, 15) is 16.8 Å². The molecular weight excluding hydrogens is 350 g/mol. The second kappa shape index (κ2) is 6.00. The molecule has 2 aliphatic rings. The van der Waals surface area contributed by atoms with Crippen molar-refractivity contribution >= 4 is 19.7 Å². The number of hydrogen-bond acceptors (Lipinski definition) is 6. The largest absolute Gasteiger partial charge is 0.495 e. The lowest BCUT2D eigenvalue weighted by Crippen LogP contribution is -2.44. The summed E-state index contributed by atoms with van der Waals surface area (Å²) in [6.45, 7) is 3.71. The zero-order chi connectivity index (χ0) is 17.7. The average molecular weight is 373 g/mol. The van der Waals surface area contributed by atoms with Crippen LogP contribution in [0.1, 0.15) is 24.0 Å². The molecule has 2 atom stereocenters. The minimum atomic E-state index is -3.83. The van der Waals surface area contributed by atoms with Crippen LogP contribution >= 0.6 is 0 Å². The third kappa shape index (κ3) is 3.32. The van der Waals surface area contributed by atoms with E-state index in [1.165, 1.54) is 7.11 Å². The van der Waals surface area contributed by atoms with E-state index in [0.717, 1.165) is 24.0 Å². The minimum absolute atomic E-state index is 0.0813. The highest BCUT2D eigenvalue weighted by Gasteiger charge is 2.48. The maximum Gasteiger partial charge on any atom is 0.187 e. The van der Waals surface area contributed by atoms with Gasteiger partial charge in [0.2, 0.25) is 0 Å². The van der Waals surface area contributed by atoms with Gasteiger partial charge in [-0.05, 0) is 49.9 Å². The van der Waals surface area contributed by atoms with Gasteiger partial charge in [-0.2, -0.15) is 0 Å². The summed E-state index contributed by atoms with van der Waals surface area (Å²) in [5.41, 5.74) is 1.76. The third-order valence-electron chi connectivity index (χ3n) is 4.81. The van der Waals surface area contributed by atoms with Gasteiger partial charge in [-0.3, -0.25) is 0 Å². The van der Waals surface area contributed by atoms with Crippen LogP contribution in [0.4, 0.5) is 0 Å². The van der Waals surface area contributed by atoms with Crippen LogP contribution in [0.15, 0.2) is 17.0 Å². The summed E-state index contributed by atoms with van der Waals surface area (Å²) in [6.07, 6.45) is 1.94. The Morgan fingerprint density at radius 2 is 1.75 bits per heavy atom. The Bertz CT molecular complexity index is 857. The molecule has 0 bridgehead atoms. The van der Waals surface area contributed by atoms with Crippen LogP contribution in [0.3, 0.4) is 0 Å². The smallest absolute Gasteiger partial charge is 0.187 e. The number of benzene rings is 1. The molecule has 1 aliphatic heterocycles. The van der Waals surface area contributed by atoms with Crippen molar-refractivity contribution in [1.82, 2.24) is 5.32 Å². The quantitative estimate of drug-likeness (QED) is 0.828. The zero-order valence-electron chi connectivity index (χ0n) is 14.1. The summed E-state index contributed by atoms with van der Waals surface area (Å²) in [7, 11) is -5.77. The van der Waals surface area contributed by atoms with Crippen molar-refractivity contribution in [2.45, 2.75) is 48.9 Å². The highest BCUT2D eigenvalue weighted by molar-refractivity contribution is 7.96. The van der Waals surface area contributed by atoms with Gasteiger partial charge in [0.15, 0.2) is 19.7 Å². The molecule has 3 rings (SSSR count). The fourth-order valence-electron chi connectivity index (χ4n) is 3.14. The third-order valence-corrected chi connectivity index (χ3v) is 8.98. The van der Waals surface area contributed by atoms with Crippen molar-refractivity contribution in [3.63, 3.8) is 0 Å². The molecule has 0 radical (unpaired) electrons. The van der Waals surface area contributed by atoms with Gasteiger partial charge in [-0.1, -0.05) is 0 Å². The first-order valence-corrected chi connectivity index (χ1v) is 11.4. The fourth-order valence-corrected chi connectivity index (χ4v) is 8.04. The SMILES string of the molecule is COc1cc(C)c(C)cc1S(=O)(=O)[C@H]1CS(=O)(=O)C[C@@H]1NC1CC1. The van der Waals surface area contributed by atoms with Crippen LogP contribution < -0.4 is 10.1 Å². The van der Waals surface area contributed by atoms with Crippen LogP contribution in [0.5, 0.6) is 5.75 Å². The van der Waals surface area contributed by atoms with Gasteiger partial charge < -0.3 is 10.1 Å². The van der Waals surface area contributed by atoms with Crippen molar-refractivity contribution in [1.29, 1.82) is 0 Å². The summed E-state index contributed by atoms with van der Waals surface area (Å²) in [5.74, 6) is -0.191. The molecule has 0 unspecified atom stereocenters. The Labute approximate surface area is 143 Å². The monoisotopic (exact) mass is 373 g/mol. The van der Waals surface area contributed by atoms with E-state index in [1.54, 1.807) is 12.1 Å². The van der Waals surface area contributed by atoms with Crippen LogP contribution in [-0.4, -0.2) is 52.8 Å². The highest BCUT2D eigenvalue weighted by atomic mass is 32.2. The molecule has 1 saturated heterocycles. The van der Waals surface area contributed by atoms with Crippen molar-refractivity contribution < 1.29 is 21.6 Å². The molecule has 1 saturated carbocycles. The maximum atomic E-state index is 13.2. The van der Waals surface area contributed by atoms with Crippen molar-refractivity contribution in [3.8, 4) is 5.75 Å². The number of aryl methyl sites for hydroxylation is 2. The Hall–Kier alpha value is -1.12. The molecule has 1 aromatic carbocycles. The van der Waals surface area contributed by atoms with Crippen LogP contribution in [0.2, 0.25) is 0 Å². The Morgan fingerprint density at radius 3 is 2.33 bits per heavy atom. The highest BCUT2D eigenvalue weighted by Crippen LogP contribution is 2.34. The maximum absolute atomic E-state index is 13.2. The van der Waals surface area contributed by atoms with Gasteiger partial charge >= 0.3 is 0 Å². The molecule has 1 aliphatic carbocycles. The van der Waals surface area contributed by atoms with Crippen LogP contribution in [0.25, 0.3) is 0 Å². The molecule has 0 aromatic heterocycles. The lowest BCUT2D eigenvalue weighted by atomic mass is 10.1. The van der Waals surface area contributed by atoms with Crippen LogP contribution in [0, 0.1) is 13.8 Å². The van der Waals surface area contributed by atoms with Gasteiger partial charge in [0.25, 0.3) is 0 Å². The van der Waals surface area contributed by atoms with Crippen molar-refractivity contribution in [2.75, 3.05) is 18.6 Å².